The van der Waals surface area contributed by atoms with Crippen LogP contribution in [0.4, 0.5) is 0 Å². The van der Waals surface area contributed by atoms with Crippen LogP contribution in [0.3, 0.4) is 0 Å². The molecule has 0 radical (unpaired) electrons. The summed E-state index contributed by atoms with van der Waals surface area (Å²) < 4.78 is 4.89. The average Bonchev–Trinajstić information content (AvgIpc) is 2.86. The summed E-state index contributed by atoms with van der Waals surface area (Å²) >= 11 is 1.12. The molecule has 6 heteroatoms. The standard InChI is InChI=1S/C12H13N3O2S/c1-8-3-5-9(6-4-8)7-13-10(16)11-14-15-12(17-2)18-11/h3-6H,7H2,1-2H3,(H,13,16). The number of rotatable bonds is 4. The lowest BCUT2D eigenvalue weighted by molar-refractivity contribution is 0.0950. The fourth-order valence-corrected chi connectivity index (χ4v) is 1.92. The van der Waals surface area contributed by atoms with E-state index in [0.717, 1.165) is 16.9 Å². The lowest BCUT2D eigenvalue weighted by atomic mass is 10.1. The molecule has 1 heterocycles. The van der Waals surface area contributed by atoms with E-state index in [1.165, 1.54) is 12.7 Å². The van der Waals surface area contributed by atoms with Crippen molar-refractivity contribution < 1.29 is 9.53 Å². The highest BCUT2D eigenvalue weighted by Crippen LogP contribution is 2.16. The van der Waals surface area contributed by atoms with Gasteiger partial charge in [0.15, 0.2) is 0 Å². The lowest BCUT2D eigenvalue weighted by Crippen LogP contribution is -2.22. The summed E-state index contributed by atoms with van der Waals surface area (Å²) in [4.78, 5) is 11.8. The molecule has 0 fully saturated rings. The number of hydrogen-bond acceptors (Lipinski definition) is 5. The molecular formula is C12H13N3O2S. The van der Waals surface area contributed by atoms with E-state index >= 15 is 0 Å². The summed E-state index contributed by atoms with van der Waals surface area (Å²) in [5, 5.41) is 10.9. The maximum atomic E-state index is 11.8. The molecule has 0 aliphatic rings. The summed E-state index contributed by atoms with van der Waals surface area (Å²) in [6.45, 7) is 2.50. The van der Waals surface area contributed by atoms with Crippen molar-refractivity contribution in [1.82, 2.24) is 15.5 Å². The van der Waals surface area contributed by atoms with E-state index in [-0.39, 0.29) is 5.91 Å². The first-order valence-electron chi connectivity index (χ1n) is 5.40. The van der Waals surface area contributed by atoms with Gasteiger partial charge in [-0.25, -0.2) is 0 Å². The number of methoxy groups -OCH3 is 1. The van der Waals surface area contributed by atoms with Crippen LogP contribution in [0.5, 0.6) is 5.19 Å². The topological polar surface area (TPSA) is 64.1 Å². The molecule has 5 nitrogen and oxygen atoms in total. The maximum Gasteiger partial charge on any atom is 0.294 e. The molecule has 1 N–H and O–H groups in total. The SMILES string of the molecule is COc1nnc(C(=O)NCc2ccc(C)cc2)s1. The smallest absolute Gasteiger partial charge is 0.294 e. The minimum Gasteiger partial charge on any atom is -0.472 e. The molecule has 2 rings (SSSR count). The molecule has 1 aromatic heterocycles. The van der Waals surface area contributed by atoms with E-state index in [1.54, 1.807) is 0 Å². The molecule has 0 bridgehead atoms. The highest BCUT2D eigenvalue weighted by Gasteiger charge is 2.12. The van der Waals surface area contributed by atoms with E-state index in [0.29, 0.717) is 16.7 Å². The van der Waals surface area contributed by atoms with Gasteiger partial charge in [0.2, 0.25) is 5.01 Å². The second kappa shape index (κ2) is 5.59. The van der Waals surface area contributed by atoms with Crippen LogP contribution in [0.1, 0.15) is 20.9 Å². The molecule has 0 atom stereocenters. The molecule has 0 saturated heterocycles. The number of carbonyl (C=O) groups is 1. The number of amides is 1. The van der Waals surface area contributed by atoms with Crippen molar-refractivity contribution in [2.45, 2.75) is 13.5 Å². The summed E-state index contributed by atoms with van der Waals surface area (Å²) in [5.74, 6) is -0.239. The van der Waals surface area contributed by atoms with Crippen molar-refractivity contribution in [3.63, 3.8) is 0 Å². The predicted molar refractivity (Wildman–Crippen MR) is 68.8 cm³/mol. The zero-order chi connectivity index (χ0) is 13.0. The normalized spacial score (nSPS) is 10.1. The minimum atomic E-state index is -0.239. The number of carbonyl (C=O) groups excluding carboxylic acids is 1. The van der Waals surface area contributed by atoms with Crippen LogP contribution in [0, 0.1) is 6.92 Å². The predicted octanol–water partition coefficient (Wildman–Crippen LogP) is 1.79. The summed E-state index contributed by atoms with van der Waals surface area (Å²) in [6, 6.07) is 7.98. The van der Waals surface area contributed by atoms with Crippen LogP contribution < -0.4 is 10.1 Å². The Bertz CT molecular complexity index is 537. The molecule has 1 amide bonds. The number of benzene rings is 1. The summed E-state index contributed by atoms with van der Waals surface area (Å²) in [7, 11) is 1.49. The van der Waals surface area contributed by atoms with Crippen LogP contribution in [0.2, 0.25) is 0 Å². The number of aryl methyl sites for hydroxylation is 1. The number of aromatic nitrogens is 2. The summed E-state index contributed by atoms with van der Waals surface area (Å²) in [5.41, 5.74) is 2.24. The van der Waals surface area contributed by atoms with Gasteiger partial charge in [-0.3, -0.25) is 4.79 Å². The first kappa shape index (κ1) is 12.5. The molecule has 0 unspecified atom stereocenters. The van der Waals surface area contributed by atoms with E-state index in [2.05, 4.69) is 15.5 Å². The van der Waals surface area contributed by atoms with Crippen LogP contribution in [0.15, 0.2) is 24.3 Å². The Morgan fingerprint density at radius 2 is 2.06 bits per heavy atom. The van der Waals surface area contributed by atoms with Gasteiger partial charge in [0.05, 0.1) is 7.11 Å². The van der Waals surface area contributed by atoms with Crippen molar-refractivity contribution in [2.24, 2.45) is 0 Å². The zero-order valence-electron chi connectivity index (χ0n) is 10.1. The molecule has 94 valence electrons. The van der Waals surface area contributed by atoms with Crippen LogP contribution >= 0.6 is 11.3 Å². The van der Waals surface area contributed by atoms with Crippen molar-refractivity contribution >= 4 is 17.2 Å². The fourth-order valence-electron chi connectivity index (χ4n) is 1.35. The summed E-state index contributed by atoms with van der Waals surface area (Å²) in [6.07, 6.45) is 0. The quantitative estimate of drug-likeness (QED) is 0.913. The number of ether oxygens (including phenoxy) is 1. The average molecular weight is 263 g/mol. The van der Waals surface area contributed by atoms with Crippen molar-refractivity contribution in [1.29, 1.82) is 0 Å². The third kappa shape index (κ3) is 3.04. The molecule has 0 spiro atoms. The minimum absolute atomic E-state index is 0.239. The zero-order valence-corrected chi connectivity index (χ0v) is 11.0. The highest BCUT2D eigenvalue weighted by atomic mass is 32.1. The van der Waals surface area contributed by atoms with Gasteiger partial charge in [-0.05, 0) is 23.8 Å². The van der Waals surface area contributed by atoms with Crippen LogP contribution in [0.25, 0.3) is 0 Å². The third-order valence-corrected chi connectivity index (χ3v) is 3.23. The molecule has 18 heavy (non-hydrogen) atoms. The molecular weight excluding hydrogens is 250 g/mol. The number of nitrogens with one attached hydrogen (secondary N) is 1. The second-order valence-electron chi connectivity index (χ2n) is 3.75. The van der Waals surface area contributed by atoms with Gasteiger partial charge in [-0.1, -0.05) is 34.9 Å². The Balaban J connectivity index is 1.93. The Labute approximate surface area is 109 Å². The van der Waals surface area contributed by atoms with Crippen molar-refractivity contribution in [3.8, 4) is 5.19 Å². The first-order chi connectivity index (χ1) is 8.69. The van der Waals surface area contributed by atoms with E-state index in [4.69, 9.17) is 4.74 Å². The van der Waals surface area contributed by atoms with E-state index in [1.807, 2.05) is 31.2 Å². The van der Waals surface area contributed by atoms with Crippen molar-refractivity contribution in [2.75, 3.05) is 7.11 Å². The highest BCUT2D eigenvalue weighted by molar-refractivity contribution is 7.14. The van der Waals surface area contributed by atoms with Gasteiger partial charge in [-0.2, -0.15) is 0 Å². The monoisotopic (exact) mass is 263 g/mol. The maximum absolute atomic E-state index is 11.8. The third-order valence-electron chi connectivity index (χ3n) is 2.35. The second-order valence-corrected chi connectivity index (χ2v) is 4.69. The van der Waals surface area contributed by atoms with Gasteiger partial charge in [0.1, 0.15) is 0 Å². The Morgan fingerprint density at radius 3 is 2.67 bits per heavy atom. The Kier molecular flexibility index (Phi) is 3.88. The van der Waals surface area contributed by atoms with Gasteiger partial charge in [0.25, 0.3) is 11.1 Å². The van der Waals surface area contributed by atoms with Gasteiger partial charge < -0.3 is 10.1 Å². The first-order valence-corrected chi connectivity index (χ1v) is 6.22. The van der Waals surface area contributed by atoms with Gasteiger partial charge >= 0.3 is 0 Å². The van der Waals surface area contributed by atoms with Gasteiger partial charge in [0, 0.05) is 6.54 Å². The van der Waals surface area contributed by atoms with E-state index in [9.17, 15) is 4.79 Å². The Morgan fingerprint density at radius 1 is 1.33 bits per heavy atom. The lowest BCUT2D eigenvalue weighted by Gasteiger charge is -2.03. The molecule has 0 aliphatic carbocycles. The fraction of sp³-hybridized carbons (Fsp3) is 0.250. The molecule has 2 aromatic rings. The molecule has 1 aromatic carbocycles. The van der Waals surface area contributed by atoms with Crippen LogP contribution in [-0.2, 0) is 6.54 Å². The largest absolute Gasteiger partial charge is 0.472 e. The van der Waals surface area contributed by atoms with Gasteiger partial charge in [-0.15, -0.1) is 5.10 Å². The number of nitrogens with zero attached hydrogens (tertiary/aromatic N) is 2. The number of hydrogen-bond donors (Lipinski definition) is 1. The van der Waals surface area contributed by atoms with Crippen molar-refractivity contribution in [3.05, 3.63) is 40.4 Å². The van der Waals surface area contributed by atoms with Crippen LogP contribution in [-0.4, -0.2) is 23.2 Å². The molecule has 0 aliphatic heterocycles. The Hall–Kier alpha value is -1.95. The van der Waals surface area contributed by atoms with E-state index < -0.39 is 0 Å². The molecule has 0 saturated carbocycles.